The first-order valence-electron chi connectivity index (χ1n) is 8.68. The fourth-order valence-electron chi connectivity index (χ4n) is 2.76. The largest absolute Gasteiger partial charge is 0.462 e. The van der Waals surface area contributed by atoms with Gasteiger partial charge in [-0.05, 0) is 30.9 Å². The van der Waals surface area contributed by atoms with Crippen LogP contribution in [0.15, 0.2) is 34.9 Å². The van der Waals surface area contributed by atoms with Crippen LogP contribution in [-0.4, -0.2) is 23.7 Å². The zero-order chi connectivity index (χ0) is 19.3. The number of amides is 1. The van der Waals surface area contributed by atoms with Gasteiger partial charge in [0.1, 0.15) is 0 Å². The van der Waals surface area contributed by atoms with E-state index in [9.17, 15) is 14.9 Å². The van der Waals surface area contributed by atoms with Gasteiger partial charge in [0.15, 0.2) is 0 Å². The van der Waals surface area contributed by atoms with Crippen LogP contribution < -0.4 is 5.32 Å². The lowest BCUT2D eigenvalue weighted by Gasteiger charge is -2.25. The Labute approximate surface area is 158 Å². The molecule has 0 unspecified atom stereocenters. The van der Waals surface area contributed by atoms with Gasteiger partial charge in [-0.25, -0.2) is 0 Å². The number of allylic oxidation sites excluding steroid dienone is 1. The van der Waals surface area contributed by atoms with Crippen molar-refractivity contribution in [1.82, 2.24) is 5.32 Å². The van der Waals surface area contributed by atoms with Crippen molar-refractivity contribution in [2.45, 2.75) is 52.1 Å². The number of hydrogen-bond acceptors (Lipinski definition) is 5. The Bertz CT molecular complexity index is 745. The molecule has 1 aromatic carbocycles. The van der Waals surface area contributed by atoms with Gasteiger partial charge >= 0.3 is 5.97 Å². The average molecular weight is 372 g/mol. The molecule has 138 valence electrons. The van der Waals surface area contributed by atoms with E-state index in [1.165, 1.54) is 5.56 Å². The predicted octanol–water partition coefficient (Wildman–Crippen LogP) is 3.83. The summed E-state index contributed by atoms with van der Waals surface area (Å²) in [6.07, 6.45) is 0.0328. The number of carbonyl (C=O) groups is 2. The first-order valence-corrected chi connectivity index (χ1v) is 9.66. The van der Waals surface area contributed by atoms with Gasteiger partial charge in [-0.1, -0.05) is 49.9 Å². The third-order valence-electron chi connectivity index (χ3n) is 4.06. The third kappa shape index (κ3) is 5.12. The van der Waals surface area contributed by atoms with Gasteiger partial charge in [-0.3, -0.25) is 9.59 Å². The summed E-state index contributed by atoms with van der Waals surface area (Å²) in [5.74, 6) is -0.340. The highest BCUT2D eigenvalue weighted by molar-refractivity contribution is 8.03. The molecule has 1 amide bonds. The van der Waals surface area contributed by atoms with Crippen LogP contribution in [0, 0.1) is 11.3 Å². The topological polar surface area (TPSA) is 79.2 Å². The predicted molar refractivity (Wildman–Crippen MR) is 102 cm³/mol. The molecular weight excluding hydrogens is 348 g/mol. The second-order valence-corrected chi connectivity index (χ2v) is 7.79. The summed E-state index contributed by atoms with van der Waals surface area (Å²) >= 11 is 1.14. The maximum Gasteiger partial charge on any atom is 0.316 e. The summed E-state index contributed by atoms with van der Waals surface area (Å²) in [6, 6.07) is 10.2. The second-order valence-electron chi connectivity index (χ2n) is 6.81. The van der Waals surface area contributed by atoms with Crippen molar-refractivity contribution < 1.29 is 14.3 Å². The lowest BCUT2D eigenvalue weighted by atomic mass is 9.86. The number of rotatable bonds is 6. The molecule has 26 heavy (non-hydrogen) atoms. The van der Waals surface area contributed by atoms with Crippen molar-refractivity contribution in [2.24, 2.45) is 0 Å². The van der Waals surface area contributed by atoms with Gasteiger partial charge in [0.25, 0.3) is 0 Å². The minimum absolute atomic E-state index is 0.0536. The van der Waals surface area contributed by atoms with E-state index < -0.39 is 0 Å². The van der Waals surface area contributed by atoms with Gasteiger partial charge in [0.05, 0.1) is 28.5 Å². The van der Waals surface area contributed by atoms with E-state index in [0.29, 0.717) is 16.5 Å². The van der Waals surface area contributed by atoms with Gasteiger partial charge in [0.2, 0.25) is 5.91 Å². The fourth-order valence-corrected chi connectivity index (χ4v) is 3.62. The molecule has 0 aromatic heterocycles. The summed E-state index contributed by atoms with van der Waals surface area (Å²) in [6.45, 7) is 7.80. The van der Waals surface area contributed by atoms with Crippen molar-refractivity contribution in [3.63, 3.8) is 0 Å². The second kappa shape index (κ2) is 8.91. The Morgan fingerprint density at radius 1 is 1.31 bits per heavy atom. The van der Waals surface area contributed by atoms with Crippen molar-refractivity contribution in [3.8, 4) is 6.07 Å². The number of ether oxygens (including phenoxy) is 1. The number of nitriles is 1. The van der Waals surface area contributed by atoms with Crippen LogP contribution in [0.3, 0.4) is 0 Å². The van der Waals surface area contributed by atoms with E-state index in [1.807, 2.05) is 24.3 Å². The molecule has 0 aliphatic carbocycles. The van der Waals surface area contributed by atoms with Crippen LogP contribution in [0.4, 0.5) is 0 Å². The maximum atomic E-state index is 12.1. The Morgan fingerprint density at radius 3 is 2.50 bits per heavy atom. The summed E-state index contributed by atoms with van der Waals surface area (Å²) in [5.41, 5.74) is 2.63. The quantitative estimate of drug-likeness (QED) is 0.768. The Morgan fingerprint density at radius 2 is 1.96 bits per heavy atom. The SMILES string of the molecule is CC(C)OC(=O)CSC1=C(C#N)[C@@H](c2ccc(C(C)C)cc2)CC(=O)N1. The standard InChI is InChI=1S/C20H24N2O3S/c1-12(2)14-5-7-15(8-6-14)16-9-18(23)22-20(17(16)10-21)26-11-19(24)25-13(3)4/h5-8,12-13,16H,9,11H2,1-4H3,(H,22,23)/t16-/m1/s1. The highest BCUT2D eigenvalue weighted by Crippen LogP contribution is 2.36. The van der Waals surface area contributed by atoms with Gasteiger partial charge in [-0.2, -0.15) is 5.26 Å². The maximum absolute atomic E-state index is 12.1. The lowest BCUT2D eigenvalue weighted by Crippen LogP contribution is -2.31. The molecule has 0 saturated heterocycles. The first-order chi connectivity index (χ1) is 12.3. The van der Waals surface area contributed by atoms with Crippen molar-refractivity contribution in [2.75, 3.05) is 5.75 Å². The molecule has 1 heterocycles. The summed E-state index contributed by atoms with van der Waals surface area (Å²) < 4.78 is 5.11. The van der Waals surface area contributed by atoms with E-state index in [-0.39, 0.29) is 36.1 Å². The number of hydrogen-bond donors (Lipinski definition) is 1. The summed E-state index contributed by atoms with van der Waals surface area (Å²) in [7, 11) is 0. The van der Waals surface area contributed by atoms with E-state index in [0.717, 1.165) is 17.3 Å². The van der Waals surface area contributed by atoms with Crippen LogP contribution in [0.1, 0.15) is 57.1 Å². The average Bonchev–Trinajstić information content (AvgIpc) is 2.59. The number of nitrogens with one attached hydrogen (secondary N) is 1. The number of carbonyl (C=O) groups excluding carboxylic acids is 2. The Hall–Kier alpha value is -2.26. The van der Waals surface area contributed by atoms with E-state index >= 15 is 0 Å². The van der Waals surface area contributed by atoms with E-state index in [1.54, 1.807) is 13.8 Å². The minimum atomic E-state index is -0.368. The molecule has 0 radical (unpaired) electrons. The number of benzene rings is 1. The van der Waals surface area contributed by atoms with Crippen molar-refractivity contribution >= 4 is 23.6 Å². The zero-order valence-electron chi connectivity index (χ0n) is 15.5. The van der Waals surface area contributed by atoms with Crippen LogP contribution >= 0.6 is 11.8 Å². The molecule has 1 N–H and O–H groups in total. The molecule has 1 aromatic rings. The number of thioether (sulfide) groups is 1. The highest BCUT2D eigenvalue weighted by Gasteiger charge is 2.30. The van der Waals surface area contributed by atoms with Crippen LogP contribution in [0.5, 0.6) is 0 Å². The molecule has 0 bridgehead atoms. The molecule has 1 aliphatic heterocycles. The molecule has 1 aliphatic rings. The summed E-state index contributed by atoms with van der Waals surface area (Å²) in [5, 5.41) is 12.8. The van der Waals surface area contributed by atoms with E-state index in [4.69, 9.17) is 4.74 Å². The van der Waals surface area contributed by atoms with Crippen LogP contribution in [0.25, 0.3) is 0 Å². The van der Waals surface area contributed by atoms with Crippen molar-refractivity contribution in [3.05, 3.63) is 46.0 Å². The van der Waals surface area contributed by atoms with Crippen molar-refractivity contribution in [1.29, 1.82) is 5.26 Å². The molecule has 0 fully saturated rings. The molecular formula is C20H24N2O3S. The highest BCUT2D eigenvalue weighted by atomic mass is 32.2. The Balaban J connectivity index is 2.24. The van der Waals surface area contributed by atoms with Gasteiger partial charge in [-0.15, -0.1) is 0 Å². The van der Waals surface area contributed by atoms with Crippen LogP contribution in [-0.2, 0) is 14.3 Å². The summed E-state index contributed by atoms with van der Waals surface area (Å²) in [4.78, 5) is 23.9. The molecule has 0 saturated carbocycles. The van der Waals surface area contributed by atoms with Crippen LogP contribution in [0.2, 0.25) is 0 Å². The molecule has 2 rings (SSSR count). The Kier molecular flexibility index (Phi) is 6.87. The first kappa shape index (κ1) is 20.1. The number of nitrogens with zero attached hydrogens (tertiary/aromatic N) is 1. The fraction of sp³-hybridized carbons (Fsp3) is 0.450. The third-order valence-corrected chi connectivity index (χ3v) is 5.05. The molecule has 5 nitrogen and oxygen atoms in total. The molecule has 1 atom stereocenters. The van der Waals surface area contributed by atoms with E-state index in [2.05, 4.69) is 25.2 Å². The number of esters is 1. The molecule has 6 heteroatoms. The van der Waals surface area contributed by atoms with Gasteiger partial charge < -0.3 is 10.1 Å². The normalized spacial score (nSPS) is 17.3. The van der Waals surface area contributed by atoms with Gasteiger partial charge in [0, 0.05) is 12.3 Å². The minimum Gasteiger partial charge on any atom is -0.462 e. The zero-order valence-corrected chi connectivity index (χ0v) is 16.4. The smallest absolute Gasteiger partial charge is 0.316 e. The molecule has 0 spiro atoms. The lowest BCUT2D eigenvalue weighted by molar-refractivity contribution is -0.144. The monoisotopic (exact) mass is 372 g/mol.